The third-order valence-corrected chi connectivity index (χ3v) is 1.55. The molecule has 0 bridgehead atoms. The zero-order valence-corrected chi connectivity index (χ0v) is 8.47. The number of carbonyl (C=O) groups is 1. The summed E-state index contributed by atoms with van der Waals surface area (Å²) in [6.07, 6.45) is -4.54. The van der Waals surface area contributed by atoms with Crippen molar-refractivity contribution < 1.29 is 22.7 Å². The van der Waals surface area contributed by atoms with Crippen molar-refractivity contribution in [2.45, 2.75) is 6.18 Å². The van der Waals surface area contributed by atoms with E-state index in [-0.39, 0.29) is 5.82 Å². The molecule has 4 nitrogen and oxygen atoms in total. The fourth-order valence-electron chi connectivity index (χ4n) is 0.738. The highest BCUT2D eigenvalue weighted by Gasteiger charge is 2.29. The highest BCUT2D eigenvalue weighted by atomic mass is 35.5. The second-order valence-electron chi connectivity index (χ2n) is 2.68. The summed E-state index contributed by atoms with van der Waals surface area (Å²) in [5.74, 6) is 0.0524. The summed E-state index contributed by atoms with van der Waals surface area (Å²) in [6.45, 7) is -1.65. The minimum absolute atomic E-state index is 0.0524. The van der Waals surface area contributed by atoms with Gasteiger partial charge in [0.1, 0.15) is 5.82 Å². The van der Waals surface area contributed by atoms with Crippen molar-refractivity contribution in [1.29, 1.82) is 0 Å². The van der Waals surface area contributed by atoms with Gasteiger partial charge in [0.15, 0.2) is 6.61 Å². The number of carbonyl (C=O) groups excluding carboxylic acids is 1. The van der Waals surface area contributed by atoms with E-state index in [4.69, 9.17) is 11.6 Å². The van der Waals surface area contributed by atoms with Gasteiger partial charge in [-0.15, -0.1) is 0 Å². The number of alkyl halides is 3. The van der Waals surface area contributed by atoms with Crippen molar-refractivity contribution in [3.05, 3.63) is 23.4 Å². The molecule has 0 atom stereocenters. The Hall–Kier alpha value is -1.50. The molecule has 1 N–H and O–H groups in total. The molecule has 0 fully saturated rings. The Balaban J connectivity index is 2.43. The van der Waals surface area contributed by atoms with Crippen molar-refractivity contribution in [1.82, 2.24) is 4.98 Å². The predicted octanol–water partition coefficient (Wildman–Crippen LogP) is 2.85. The van der Waals surface area contributed by atoms with E-state index in [2.05, 4.69) is 9.72 Å². The molecule has 0 aliphatic carbocycles. The molecular formula is C8H6ClF3N2O2. The van der Waals surface area contributed by atoms with Gasteiger partial charge in [-0.25, -0.2) is 9.78 Å². The predicted molar refractivity (Wildman–Crippen MR) is 50.3 cm³/mol. The molecule has 0 unspecified atom stereocenters. The van der Waals surface area contributed by atoms with Crippen LogP contribution in [0.1, 0.15) is 0 Å². The van der Waals surface area contributed by atoms with Crippen molar-refractivity contribution >= 4 is 23.5 Å². The zero-order valence-electron chi connectivity index (χ0n) is 7.71. The Morgan fingerprint density at radius 2 is 2.19 bits per heavy atom. The lowest BCUT2D eigenvalue weighted by atomic mass is 10.5. The van der Waals surface area contributed by atoms with Gasteiger partial charge in [0.2, 0.25) is 0 Å². The topological polar surface area (TPSA) is 51.2 Å². The van der Waals surface area contributed by atoms with Gasteiger partial charge in [0.05, 0.1) is 5.02 Å². The van der Waals surface area contributed by atoms with Crippen LogP contribution in [-0.4, -0.2) is 23.9 Å². The van der Waals surface area contributed by atoms with Crippen molar-refractivity contribution in [3.63, 3.8) is 0 Å². The monoisotopic (exact) mass is 254 g/mol. The van der Waals surface area contributed by atoms with Crippen LogP contribution >= 0.6 is 11.6 Å². The molecule has 0 radical (unpaired) electrons. The number of hydrogen-bond donors (Lipinski definition) is 1. The minimum atomic E-state index is -4.55. The number of hydrogen-bond acceptors (Lipinski definition) is 3. The summed E-state index contributed by atoms with van der Waals surface area (Å²) in [5.41, 5.74) is 0. The van der Waals surface area contributed by atoms with Gasteiger partial charge in [-0.3, -0.25) is 5.32 Å². The van der Waals surface area contributed by atoms with Crippen molar-refractivity contribution in [2.24, 2.45) is 0 Å². The second-order valence-corrected chi connectivity index (χ2v) is 3.11. The molecule has 8 heteroatoms. The lowest BCUT2D eigenvalue weighted by Gasteiger charge is -2.08. The highest BCUT2D eigenvalue weighted by Crippen LogP contribution is 2.15. The first kappa shape index (κ1) is 12.6. The maximum absolute atomic E-state index is 11.7. The maximum atomic E-state index is 11.7. The van der Waals surface area contributed by atoms with E-state index in [1.54, 1.807) is 0 Å². The average Bonchev–Trinajstić information content (AvgIpc) is 2.18. The van der Waals surface area contributed by atoms with E-state index >= 15 is 0 Å². The third-order valence-electron chi connectivity index (χ3n) is 1.32. The van der Waals surface area contributed by atoms with Gasteiger partial charge >= 0.3 is 12.3 Å². The number of anilines is 1. The Morgan fingerprint density at radius 3 is 2.69 bits per heavy atom. The first-order valence-electron chi connectivity index (χ1n) is 3.99. The van der Waals surface area contributed by atoms with Crippen LogP contribution < -0.4 is 5.32 Å². The Labute approximate surface area is 93.4 Å². The molecule has 0 saturated heterocycles. The van der Waals surface area contributed by atoms with Crippen LogP contribution in [0.15, 0.2) is 18.3 Å². The van der Waals surface area contributed by atoms with Gasteiger partial charge in [-0.1, -0.05) is 11.6 Å². The molecule has 0 spiro atoms. The Bertz CT molecular complexity index is 367. The molecule has 1 rings (SSSR count). The summed E-state index contributed by atoms with van der Waals surface area (Å²) in [7, 11) is 0. The number of ether oxygens (including phenoxy) is 1. The van der Waals surface area contributed by atoms with Crippen LogP contribution in [0.2, 0.25) is 5.02 Å². The molecule has 0 aliphatic heterocycles. The fraction of sp³-hybridized carbons (Fsp3) is 0.250. The van der Waals surface area contributed by atoms with Gasteiger partial charge in [0, 0.05) is 6.20 Å². The quantitative estimate of drug-likeness (QED) is 0.883. The first-order chi connectivity index (χ1) is 7.37. The lowest BCUT2D eigenvalue weighted by molar-refractivity contribution is -0.159. The van der Waals surface area contributed by atoms with E-state index in [9.17, 15) is 18.0 Å². The number of halogens is 4. The van der Waals surface area contributed by atoms with Crippen LogP contribution in [0.5, 0.6) is 0 Å². The number of nitrogens with zero attached hydrogens (tertiary/aromatic N) is 1. The standard InChI is InChI=1S/C8H6ClF3N2O2/c9-5-1-2-6(13-3-5)14-7(15)16-4-8(10,11)12/h1-3H,4H2,(H,13,14,15). The smallest absolute Gasteiger partial charge is 0.422 e. The van der Waals surface area contributed by atoms with E-state index < -0.39 is 18.9 Å². The Morgan fingerprint density at radius 1 is 1.50 bits per heavy atom. The lowest BCUT2D eigenvalue weighted by Crippen LogP contribution is -2.23. The molecule has 88 valence electrons. The number of amides is 1. The second kappa shape index (κ2) is 5.02. The van der Waals surface area contributed by atoms with E-state index in [1.807, 2.05) is 5.32 Å². The Kier molecular flexibility index (Phi) is 3.94. The molecular weight excluding hydrogens is 249 g/mol. The van der Waals surface area contributed by atoms with Crippen LogP contribution in [0.3, 0.4) is 0 Å². The maximum Gasteiger partial charge on any atom is 0.422 e. The van der Waals surface area contributed by atoms with Gasteiger partial charge in [0.25, 0.3) is 0 Å². The number of nitrogens with one attached hydrogen (secondary N) is 1. The number of rotatable bonds is 2. The third kappa shape index (κ3) is 4.83. The fourth-order valence-corrected chi connectivity index (χ4v) is 0.850. The normalized spacial score (nSPS) is 11.0. The molecule has 0 saturated carbocycles. The number of pyridine rings is 1. The summed E-state index contributed by atoms with van der Waals surface area (Å²) < 4.78 is 38.9. The van der Waals surface area contributed by atoms with E-state index in [0.29, 0.717) is 5.02 Å². The minimum Gasteiger partial charge on any atom is -0.440 e. The first-order valence-corrected chi connectivity index (χ1v) is 4.37. The largest absolute Gasteiger partial charge is 0.440 e. The van der Waals surface area contributed by atoms with Crippen LogP contribution in [-0.2, 0) is 4.74 Å². The molecule has 0 aromatic carbocycles. The zero-order chi connectivity index (χ0) is 12.2. The van der Waals surface area contributed by atoms with Gasteiger partial charge in [-0.2, -0.15) is 13.2 Å². The molecule has 0 aliphatic rings. The molecule has 1 aromatic heterocycles. The summed E-state index contributed by atoms with van der Waals surface area (Å²) in [5, 5.41) is 2.35. The SMILES string of the molecule is O=C(Nc1ccc(Cl)cn1)OCC(F)(F)F. The van der Waals surface area contributed by atoms with Crippen molar-refractivity contribution in [3.8, 4) is 0 Å². The number of aromatic nitrogens is 1. The highest BCUT2D eigenvalue weighted by molar-refractivity contribution is 6.30. The molecule has 1 amide bonds. The van der Waals surface area contributed by atoms with Crippen LogP contribution in [0.25, 0.3) is 0 Å². The molecule has 1 heterocycles. The van der Waals surface area contributed by atoms with Gasteiger partial charge < -0.3 is 4.74 Å². The van der Waals surface area contributed by atoms with Gasteiger partial charge in [-0.05, 0) is 12.1 Å². The molecule has 1 aromatic rings. The summed E-state index contributed by atoms with van der Waals surface area (Å²) in [4.78, 5) is 14.5. The summed E-state index contributed by atoms with van der Waals surface area (Å²) in [6, 6.07) is 2.76. The van der Waals surface area contributed by atoms with E-state index in [0.717, 1.165) is 0 Å². The van der Waals surface area contributed by atoms with Crippen molar-refractivity contribution in [2.75, 3.05) is 11.9 Å². The average molecular weight is 255 g/mol. The van der Waals surface area contributed by atoms with E-state index in [1.165, 1.54) is 18.3 Å². The molecule has 16 heavy (non-hydrogen) atoms. The summed E-state index contributed by atoms with van der Waals surface area (Å²) >= 11 is 5.51. The van der Waals surface area contributed by atoms with Crippen LogP contribution in [0, 0.1) is 0 Å². The van der Waals surface area contributed by atoms with Crippen LogP contribution in [0.4, 0.5) is 23.8 Å².